The second kappa shape index (κ2) is 13.4. The number of hydrogen-bond donors (Lipinski definition) is 2. The number of amidine groups is 1. The lowest BCUT2D eigenvalue weighted by Crippen LogP contribution is -2.35. The van der Waals surface area contributed by atoms with Crippen molar-refractivity contribution in [3.05, 3.63) is 89.7 Å². The summed E-state index contributed by atoms with van der Waals surface area (Å²) in [4.78, 5) is 23.5. The smallest absolute Gasteiger partial charge is 0.406 e. The standard InChI is InChI=1S/C32H33F3N6O3S/c1-19(2)26-14-5-20(3)17-27(26)41-29(42)21(4)45-31(41)38-30(43)36-16-15-22-6-8-23(9-7-22)28-37-18-40(39-28)24-10-12-25(13-11-24)44-32(33,34)35/h5-14,17-19,21,30,36,43H,15-16H2,1-4H3/b38-31-. The van der Waals surface area contributed by atoms with E-state index in [1.165, 1.54) is 47.0 Å². The van der Waals surface area contributed by atoms with Crippen LogP contribution in [0.2, 0.25) is 0 Å². The maximum absolute atomic E-state index is 13.1. The number of thioether (sulfide) groups is 1. The zero-order chi connectivity index (χ0) is 32.3. The Labute approximate surface area is 263 Å². The van der Waals surface area contributed by atoms with Crippen molar-refractivity contribution in [2.75, 3.05) is 11.4 Å². The van der Waals surface area contributed by atoms with E-state index in [0.717, 1.165) is 27.9 Å². The van der Waals surface area contributed by atoms with E-state index in [9.17, 15) is 23.1 Å². The zero-order valence-electron chi connectivity index (χ0n) is 25.1. The Bertz CT molecular complexity index is 1670. The van der Waals surface area contributed by atoms with Crippen LogP contribution in [0, 0.1) is 6.92 Å². The van der Waals surface area contributed by atoms with Crippen LogP contribution in [-0.4, -0.2) is 55.5 Å². The molecule has 45 heavy (non-hydrogen) atoms. The summed E-state index contributed by atoms with van der Waals surface area (Å²) in [6.45, 7) is 8.42. The summed E-state index contributed by atoms with van der Waals surface area (Å²) < 4.78 is 42.6. The molecule has 1 aliphatic rings. The van der Waals surface area contributed by atoms with Crippen molar-refractivity contribution < 1.29 is 27.8 Å². The molecule has 2 atom stereocenters. The highest BCUT2D eigenvalue weighted by Crippen LogP contribution is 2.37. The number of aliphatic hydroxyl groups is 1. The van der Waals surface area contributed by atoms with Gasteiger partial charge >= 0.3 is 6.36 Å². The van der Waals surface area contributed by atoms with Gasteiger partial charge in [0.2, 0.25) is 12.3 Å². The van der Waals surface area contributed by atoms with E-state index in [-0.39, 0.29) is 22.8 Å². The molecular formula is C32H33F3N6O3S. The number of aromatic nitrogens is 3. The Balaban J connectivity index is 1.19. The lowest BCUT2D eigenvalue weighted by atomic mass is 9.98. The predicted octanol–water partition coefficient (Wildman–Crippen LogP) is 6.20. The molecule has 1 fully saturated rings. The normalized spacial score (nSPS) is 17.0. The molecule has 5 rings (SSSR count). The van der Waals surface area contributed by atoms with Gasteiger partial charge in [0.25, 0.3) is 0 Å². The van der Waals surface area contributed by atoms with Crippen LogP contribution in [0.15, 0.2) is 78.0 Å². The van der Waals surface area contributed by atoms with E-state index < -0.39 is 12.7 Å². The van der Waals surface area contributed by atoms with Crippen LogP contribution < -0.4 is 15.0 Å². The van der Waals surface area contributed by atoms with Gasteiger partial charge in [0.05, 0.1) is 16.6 Å². The Morgan fingerprint density at radius 2 is 1.80 bits per heavy atom. The van der Waals surface area contributed by atoms with E-state index in [2.05, 4.69) is 39.0 Å². The molecule has 9 nitrogen and oxygen atoms in total. The largest absolute Gasteiger partial charge is 0.573 e. The first-order chi connectivity index (χ1) is 21.4. The summed E-state index contributed by atoms with van der Waals surface area (Å²) in [5, 5.41) is 18.3. The third-order valence-electron chi connectivity index (χ3n) is 7.10. The maximum atomic E-state index is 13.1. The van der Waals surface area contributed by atoms with E-state index in [1.54, 1.807) is 4.90 Å². The number of nitrogens with zero attached hydrogens (tertiary/aromatic N) is 5. The minimum Gasteiger partial charge on any atom is -0.406 e. The second-order valence-electron chi connectivity index (χ2n) is 10.9. The fraction of sp³-hybridized carbons (Fsp3) is 0.312. The zero-order valence-corrected chi connectivity index (χ0v) is 25.9. The third kappa shape index (κ3) is 7.91. The third-order valence-corrected chi connectivity index (χ3v) is 8.16. The molecule has 1 saturated heterocycles. The fourth-order valence-electron chi connectivity index (χ4n) is 4.82. The van der Waals surface area contributed by atoms with Crippen molar-refractivity contribution in [3.8, 4) is 22.8 Å². The number of rotatable bonds is 10. The van der Waals surface area contributed by atoms with Crippen LogP contribution >= 0.6 is 11.8 Å². The predicted molar refractivity (Wildman–Crippen MR) is 168 cm³/mol. The van der Waals surface area contributed by atoms with Crippen LogP contribution in [0.4, 0.5) is 18.9 Å². The SMILES string of the molecule is Cc1ccc(C(C)C)c(N2C(=O)C(C)S/C2=N\C(O)NCCc2ccc(-c3ncn(-c4ccc(OC(F)(F)F)cc4)n3)cc2)c1. The van der Waals surface area contributed by atoms with Gasteiger partial charge < -0.3 is 9.84 Å². The van der Waals surface area contributed by atoms with Crippen molar-refractivity contribution in [1.29, 1.82) is 0 Å². The van der Waals surface area contributed by atoms with Gasteiger partial charge in [-0.3, -0.25) is 15.0 Å². The number of amides is 1. The fourth-order valence-corrected chi connectivity index (χ4v) is 5.80. The van der Waals surface area contributed by atoms with Gasteiger partial charge in [-0.05, 0) is 73.2 Å². The molecule has 2 N–H and O–H groups in total. The summed E-state index contributed by atoms with van der Waals surface area (Å²) in [7, 11) is 0. The number of carbonyl (C=O) groups excluding carboxylic acids is 1. The van der Waals surface area contributed by atoms with Gasteiger partial charge in [0.1, 0.15) is 12.1 Å². The molecule has 0 radical (unpaired) electrons. The van der Waals surface area contributed by atoms with E-state index in [0.29, 0.717) is 29.6 Å². The van der Waals surface area contributed by atoms with Crippen LogP contribution in [0.3, 0.4) is 0 Å². The van der Waals surface area contributed by atoms with Crippen molar-refractivity contribution in [2.24, 2.45) is 4.99 Å². The van der Waals surface area contributed by atoms with E-state index in [1.807, 2.05) is 56.3 Å². The highest BCUT2D eigenvalue weighted by molar-refractivity contribution is 8.16. The number of aryl methyl sites for hydroxylation is 1. The van der Waals surface area contributed by atoms with Crippen LogP contribution in [0.5, 0.6) is 5.75 Å². The lowest BCUT2D eigenvalue weighted by Gasteiger charge is -2.23. The first-order valence-electron chi connectivity index (χ1n) is 14.4. The highest BCUT2D eigenvalue weighted by Gasteiger charge is 2.38. The summed E-state index contributed by atoms with van der Waals surface area (Å²) in [5.41, 5.74) is 5.18. The topological polar surface area (TPSA) is 105 Å². The van der Waals surface area contributed by atoms with Crippen molar-refractivity contribution in [1.82, 2.24) is 20.1 Å². The monoisotopic (exact) mass is 638 g/mol. The quantitative estimate of drug-likeness (QED) is 0.200. The number of benzene rings is 3. The number of carbonyl (C=O) groups is 1. The molecule has 0 bridgehead atoms. The number of anilines is 1. The Morgan fingerprint density at radius 3 is 2.47 bits per heavy atom. The highest BCUT2D eigenvalue weighted by atomic mass is 32.2. The Kier molecular flexibility index (Phi) is 9.61. The summed E-state index contributed by atoms with van der Waals surface area (Å²) in [5.74, 6) is 0.284. The number of alkyl halides is 3. The van der Waals surface area contributed by atoms with Gasteiger partial charge in [-0.25, -0.2) is 14.7 Å². The molecule has 0 spiro atoms. The van der Waals surface area contributed by atoms with Crippen LogP contribution in [0.1, 0.15) is 43.4 Å². The minimum atomic E-state index is -4.75. The van der Waals surface area contributed by atoms with Gasteiger partial charge in [-0.15, -0.1) is 18.3 Å². The summed E-state index contributed by atoms with van der Waals surface area (Å²) in [6.07, 6.45) is -3.86. The van der Waals surface area contributed by atoms with Gasteiger partial charge in [-0.2, -0.15) is 0 Å². The van der Waals surface area contributed by atoms with Crippen molar-refractivity contribution in [3.63, 3.8) is 0 Å². The molecule has 1 aromatic heterocycles. The summed E-state index contributed by atoms with van der Waals surface area (Å²) in [6, 6.07) is 19.0. The van der Waals surface area contributed by atoms with E-state index in [4.69, 9.17) is 0 Å². The molecule has 2 heterocycles. The first-order valence-corrected chi connectivity index (χ1v) is 15.2. The molecule has 236 valence electrons. The maximum Gasteiger partial charge on any atom is 0.573 e. The molecule has 0 saturated carbocycles. The number of nitrogens with one attached hydrogen (secondary N) is 1. The van der Waals surface area contributed by atoms with Crippen LogP contribution in [0.25, 0.3) is 17.1 Å². The van der Waals surface area contributed by atoms with Crippen molar-refractivity contribution in [2.45, 2.75) is 58.0 Å². The lowest BCUT2D eigenvalue weighted by molar-refractivity contribution is -0.274. The Morgan fingerprint density at radius 1 is 1.09 bits per heavy atom. The molecule has 3 aromatic carbocycles. The molecular weight excluding hydrogens is 605 g/mol. The number of aliphatic hydroxyl groups excluding tert-OH is 1. The number of halogens is 3. The van der Waals surface area contributed by atoms with Crippen molar-refractivity contribution >= 4 is 28.5 Å². The van der Waals surface area contributed by atoms with E-state index >= 15 is 0 Å². The molecule has 0 aliphatic carbocycles. The molecule has 1 amide bonds. The number of hydrogen-bond acceptors (Lipinski definition) is 8. The van der Waals surface area contributed by atoms with Gasteiger partial charge in [-0.1, -0.05) is 62.0 Å². The Hall–Kier alpha value is -4.20. The van der Waals surface area contributed by atoms with Gasteiger partial charge in [0.15, 0.2) is 11.0 Å². The molecule has 2 unspecified atom stereocenters. The number of ether oxygens (including phenoxy) is 1. The summed E-state index contributed by atoms with van der Waals surface area (Å²) >= 11 is 1.33. The number of aliphatic imine (C=N–C) groups is 1. The molecule has 4 aromatic rings. The van der Waals surface area contributed by atoms with Crippen LogP contribution in [-0.2, 0) is 11.2 Å². The molecule has 13 heteroatoms. The minimum absolute atomic E-state index is 0.0636. The average Bonchev–Trinajstić information content (AvgIpc) is 3.57. The van der Waals surface area contributed by atoms with Gasteiger partial charge in [0, 0.05) is 12.1 Å². The molecule has 1 aliphatic heterocycles. The second-order valence-corrected chi connectivity index (χ2v) is 12.2. The average molecular weight is 639 g/mol. The first kappa shape index (κ1) is 32.2.